The second-order valence-corrected chi connectivity index (χ2v) is 6.06. The minimum absolute atomic E-state index is 0.0610. The number of nitrogens with zero attached hydrogens (tertiary/aromatic N) is 1. The van der Waals surface area contributed by atoms with Crippen molar-refractivity contribution >= 4 is 6.21 Å². The molecule has 2 rings (SSSR count). The van der Waals surface area contributed by atoms with Crippen LogP contribution in [0.4, 0.5) is 13.2 Å². The fourth-order valence-corrected chi connectivity index (χ4v) is 3.15. The van der Waals surface area contributed by atoms with Gasteiger partial charge in [0.05, 0.1) is 24.2 Å². The third kappa shape index (κ3) is 4.19. The molecule has 2 aliphatic rings. The Bertz CT molecular complexity index is 346. The van der Waals surface area contributed by atoms with E-state index >= 15 is 0 Å². The fraction of sp³-hybridized carbons (Fsp3) is 0.929. The molecule has 2 N–H and O–H groups in total. The molecule has 0 heterocycles. The van der Waals surface area contributed by atoms with Crippen molar-refractivity contribution in [3.8, 4) is 0 Å². The van der Waals surface area contributed by atoms with Crippen LogP contribution in [0.2, 0.25) is 0 Å². The smallest absolute Gasteiger partial charge is 0.391 e. The Balaban J connectivity index is 1.87. The summed E-state index contributed by atoms with van der Waals surface area (Å²) in [5, 5.41) is 19.2. The molecule has 0 aromatic carbocycles. The summed E-state index contributed by atoms with van der Waals surface area (Å²) < 4.78 is 38.1. The van der Waals surface area contributed by atoms with E-state index in [1.54, 1.807) is 6.21 Å². The van der Waals surface area contributed by atoms with Gasteiger partial charge in [0, 0.05) is 12.1 Å². The average Bonchev–Trinajstić information content (AvgIpc) is 2.37. The number of hydrogen-bond acceptors (Lipinski definition) is 3. The molecule has 116 valence electrons. The summed E-state index contributed by atoms with van der Waals surface area (Å²) in [6.45, 7) is 0. The summed E-state index contributed by atoms with van der Waals surface area (Å²) in [7, 11) is 0. The van der Waals surface area contributed by atoms with Crippen LogP contribution in [0, 0.1) is 11.8 Å². The van der Waals surface area contributed by atoms with Gasteiger partial charge < -0.3 is 10.2 Å². The SMILES string of the molecule is OC1CCC(C=NC2CCCC(C(F)(F)F)C2)C(O)C1. The Morgan fingerprint density at radius 3 is 2.40 bits per heavy atom. The highest BCUT2D eigenvalue weighted by Crippen LogP contribution is 2.38. The number of hydrogen-bond donors (Lipinski definition) is 2. The van der Waals surface area contributed by atoms with Crippen LogP contribution in [0.25, 0.3) is 0 Å². The molecule has 3 nitrogen and oxygen atoms in total. The second kappa shape index (κ2) is 6.43. The zero-order valence-corrected chi connectivity index (χ0v) is 11.4. The summed E-state index contributed by atoms with van der Waals surface area (Å²) in [5.41, 5.74) is 0. The maximum Gasteiger partial charge on any atom is 0.391 e. The van der Waals surface area contributed by atoms with Crippen LogP contribution in [-0.4, -0.2) is 40.9 Å². The summed E-state index contributed by atoms with van der Waals surface area (Å²) in [5.74, 6) is -1.37. The zero-order valence-electron chi connectivity index (χ0n) is 11.4. The Morgan fingerprint density at radius 1 is 1.00 bits per heavy atom. The van der Waals surface area contributed by atoms with Gasteiger partial charge in [0.25, 0.3) is 0 Å². The van der Waals surface area contributed by atoms with Crippen molar-refractivity contribution in [3.63, 3.8) is 0 Å². The molecule has 5 unspecified atom stereocenters. The molecule has 5 atom stereocenters. The first-order valence-corrected chi connectivity index (χ1v) is 7.32. The number of aliphatic hydroxyl groups excluding tert-OH is 2. The predicted molar refractivity (Wildman–Crippen MR) is 69.6 cm³/mol. The molecule has 0 bridgehead atoms. The maximum atomic E-state index is 12.7. The van der Waals surface area contributed by atoms with Crippen molar-refractivity contribution in [2.24, 2.45) is 16.8 Å². The van der Waals surface area contributed by atoms with Crippen LogP contribution in [0.5, 0.6) is 0 Å². The van der Waals surface area contributed by atoms with E-state index in [2.05, 4.69) is 4.99 Å². The minimum atomic E-state index is -4.12. The number of aliphatic imine (C=N–C) groups is 1. The van der Waals surface area contributed by atoms with Gasteiger partial charge in [-0.05, 0) is 38.5 Å². The highest BCUT2D eigenvalue weighted by atomic mass is 19.4. The molecule has 0 aromatic rings. The molecule has 0 spiro atoms. The van der Waals surface area contributed by atoms with Crippen LogP contribution in [0.15, 0.2) is 4.99 Å². The minimum Gasteiger partial charge on any atom is -0.393 e. The number of halogens is 3. The Morgan fingerprint density at radius 2 is 1.75 bits per heavy atom. The topological polar surface area (TPSA) is 52.8 Å². The fourth-order valence-electron chi connectivity index (χ4n) is 3.15. The van der Waals surface area contributed by atoms with Gasteiger partial charge >= 0.3 is 6.18 Å². The van der Waals surface area contributed by atoms with Crippen LogP contribution in [0.1, 0.15) is 44.9 Å². The van der Waals surface area contributed by atoms with Crippen LogP contribution in [0.3, 0.4) is 0 Å². The van der Waals surface area contributed by atoms with E-state index in [1.807, 2.05) is 0 Å². The maximum absolute atomic E-state index is 12.7. The summed E-state index contributed by atoms with van der Waals surface area (Å²) in [4.78, 5) is 4.28. The molecule has 2 aliphatic carbocycles. The van der Waals surface area contributed by atoms with Crippen molar-refractivity contribution in [1.29, 1.82) is 0 Å². The molecular formula is C14H22F3NO2. The standard InChI is InChI=1S/C14H22F3NO2/c15-14(16,17)10-2-1-3-11(6-10)18-8-9-4-5-12(19)7-13(9)20/h8-13,19-20H,1-7H2. The molecule has 20 heavy (non-hydrogen) atoms. The number of alkyl halides is 3. The third-order valence-corrected chi connectivity index (χ3v) is 4.44. The van der Waals surface area contributed by atoms with Crippen LogP contribution in [-0.2, 0) is 0 Å². The molecule has 2 saturated carbocycles. The van der Waals surface area contributed by atoms with Gasteiger partial charge in [0.15, 0.2) is 0 Å². The molecule has 0 aliphatic heterocycles. The predicted octanol–water partition coefficient (Wildman–Crippen LogP) is 2.70. The molecule has 2 fully saturated rings. The lowest BCUT2D eigenvalue weighted by molar-refractivity contribution is -0.182. The Hall–Kier alpha value is -0.620. The lowest BCUT2D eigenvalue weighted by Gasteiger charge is -2.30. The van der Waals surface area contributed by atoms with Crippen molar-refractivity contribution in [3.05, 3.63) is 0 Å². The van der Waals surface area contributed by atoms with Gasteiger partial charge in [-0.15, -0.1) is 0 Å². The molecule has 0 aromatic heterocycles. The van der Waals surface area contributed by atoms with Crippen molar-refractivity contribution < 1.29 is 23.4 Å². The van der Waals surface area contributed by atoms with Gasteiger partial charge in [-0.3, -0.25) is 4.99 Å². The number of aliphatic hydroxyl groups is 2. The van der Waals surface area contributed by atoms with E-state index in [0.717, 1.165) is 0 Å². The first-order valence-electron chi connectivity index (χ1n) is 7.32. The highest BCUT2D eigenvalue weighted by molar-refractivity contribution is 5.62. The lowest BCUT2D eigenvalue weighted by atomic mass is 9.84. The highest BCUT2D eigenvalue weighted by Gasteiger charge is 2.42. The molecular weight excluding hydrogens is 271 g/mol. The van der Waals surface area contributed by atoms with E-state index < -0.39 is 24.3 Å². The Kier molecular flexibility index (Phi) is 5.07. The summed E-state index contributed by atoms with van der Waals surface area (Å²) in [6.07, 6.45) is -0.519. The van der Waals surface area contributed by atoms with Gasteiger partial charge in [-0.25, -0.2) is 0 Å². The first-order chi connectivity index (χ1) is 9.36. The normalized spacial score (nSPS) is 40.1. The Labute approximate surface area is 116 Å². The average molecular weight is 293 g/mol. The van der Waals surface area contributed by atoms with Crippen LogP contribution >= 0.6 is 0 Å². The van der Waals surface area contributed by atoms with Crippen molar-refractivity contribution in [2.45, 2.75) is 69.4 Å². The van der Waals surface area contributed by atoms with E-state index in [1.165, 1.54) is 0 Å². The largest absolute Gasteiger partial charge is 0.393 e. The second-order valence-electron chi connectivity index (χ2n) is 6.06. The molecule has 0 radical (unpaired) electrons. The van der Waals surface area contributed by atoms with Gasteiger partial charge in [0.1, 0.15) is 0 Å². The molecule has 6 heteroatoms. The van der Waals surface area contributed by atoms with Crippen molar-refractivity contribution in [2.75, 3.05) is 0 Å². The van der Waals surface area contributed by atoms with Crippen LogP contribution < -0.4 is 0 Å². The lowest BCUT2D eigenvalue weighted by Crippen LogP contribution is -2.34. The monoisotopic (exact) mass is 293 g/mol. The van der Waals surface area contributed by atoms with E-state index in [0.29, 0.717) is 32.1 Å². The van der Waals surface area contributed by atoms with Crippen molar-refractivity contribution in [1.82, 2.24) is 0 Å². The zero-order chi connectivity index (χ0) is 14.8. The summed E-state index contributed by atoms with van der Waals surface area (Å²) >= 11 is 0. The first kappa shape index (κ1) is 15.8. The van der Waals surface area contributed by atoms with Gasteiger partial charge in [-0.2, -0.15) is 13.2 Å². The van der Waals surface area contributed by atoms with E-state index in [9.17, 15) is 23.4 Å². The number of rotatable bonds is 2. The van der Waals surface area contributed by atoms with E-state index in [-0.39, 0.29) is 24.8 Å². The third-order valence-electron chi connectivity index (χ3n) is 4.44. The quantitative estimate of drug-likeness (QED) is 0.769. The summed E-state index contributed by atoms with van der Waals surface area (Å²) in [6, 6.07) is -0.283. The van der Waals surface area contributed by atoms with E-state index in [4.69, 9.17) is 0 Å². The van der Waals surface area contributed by atoms with Gasteiger partial charge in [0.2, 0.25) is 0 Å². The molecule has 0 saturated heterocycles. The molecule has 0 amide bonds. The van der Waals surface area contributed by atoms with Gasteiger partial charge in [-0.1, -0.05) is 6.42 Å².